The van der Waals surface area contributed by atoms with Gasteiger partial charge in [0.1, 0.15) is 11.9 Å². The second-order valence-electron chi connectivity index (χ2n) is 8.64. The fourth-order valence-corrected chi connectivity index (χ4v) is 4.76. The summed E-state index contributed by atoms with van der Waals surface area (Å²) in [5.41, 5.74) is 5.06. The molecule has 0 saturated carbocycles. The van der Waals surface area contributed by atoms with Crippen molar-refractivity contribution in [3.63, 3.8) is 0 Å². The molecule has 1 saturated heterocycles. The van der Waals surface area contributed by atoms with Crippen molar-refractivity contribution in [1.82, 2.24) is 19.7 Å². The van der Waals surface area contributed by atoms with Gasteiger partial charge in [-0.25, -0.2) is 4.68 Å². The van der Waals surface area contributed by atoms with Crippen LogP contribution >= 0.6 is 0 Å². The Kier molecular flexibility index (Phi) is 5.31. The van der Waals surface area contributed by atoms with Crippen LogP contribution in [0.5, 0.6) is 0 Å². The fraction of sp³-hybridized carbons (Fsp3) is 0.222. The van der Waals surface area contributed by atoms with E-state index >= 15 is 0 Å². The molecule has 34 heavy (non-hydrogen) atoms. The van der Waals surface area contributed by atoms with Gasteiger partial charge in [0.15, 0.2) is 0 Å². The Bertz CT molecular complexity index is 1300. The zero-order valence-corrected chi connectivity index (χ0v) is 18.7. The maximum absolute atomic E-state index is 13.7. The first-order chi connectivity index (χ1) is 16.8. The molecule has 0 aliphatic carbocycles. The van der Waals surface area contributed by atoms with Crippen molar-refractivity contribution in [3.8, 4) is 16.9 Å². The Morgan fingerprint density at radius 3 is 2.68 bits per heavy atom. The van der Waals surface area contributed by atoms with E-state index in [1.54, 1.807) is 6.20 Å². The van der Waals surface area contributed by atoms with Gasteiger partial charge in [0, 0.05) is 48.6 Å². The van der Waals surface area contributed by atoms with E-state index in [2.05, 4.69) is 10.3 Å². The van der Waals surface area contributed by atoms with Crippen LogP contribution in [-0.2, 0) is 4.74 Å². The minimum atomic E-state index is -0.390. The molecule has 170 valence electrons. The van der Waals surface area contributed by atoms with Gasteiger partial charge in [0.25, 0.3) is 5.91 Å². The molecule has 2 aliphatic heterocycles. The highest BCUT2D eigenvalue weighted by molar-refractivity contribution is 6.02. The monoisotopic (exact) mass is 451 g/mol. The van der Waals surface area contributed by atoms with E-state index in [1.165, 1.54) is 0 Å². The standard InChI is InChI=1S/C27H25N5O2/c33-27-22-12-4-5-13-24(22)29-26(31(27)17-21-11-7-15-34-21)23-18-32(20-9-2-1-3-10-20)30-25(23)19-8-6-14-28-16-19/h1-6,8-10,12-14,16,18,21,26,29H,7,11,15,17H2/t21-,26+/m0/s1. The number of ether oxygens (including phenoxy) is 1. The Morgan fingerprint density at radius 2 is 1.88 bits per heavy atom. The smallest absolute Gasteiger partial charge is 0.257 e. The van der Waals surface area contributed by atoms with Crippen molar-refractivity contribution in [2.24, 2.45) is 0 Å². The van der Waals surface area contributed by atoms with E-state index in [4.69, 9.17) is 9.84 Å². The van der Waals surface area contributed by atoms with Gasteiger partial charge in [0.2, 0.25) is 0 Å². The first-order valence-corrected chi connectivity index (χ1v) is 11.6. The number of nitrogens with zero attached hydrogens (tertiary/aromatic N) is 4. The molecular weight excluding hydrogens is 426 g/mol. The predicted molar refractivity (Wildman–Crippen MR) is 130 cm³/mol. The number of fused-ring (bicyclic) bond motifs is 1. The molecule has 1 fully saturated rings. The summed E-state index contributed by atoms with van der Waals surface area (Å²) in [5, 5.41) is 8.56. The molecular formula is C27H25N5O2. The van der Waals surface area contributed by atoms with Gasteiger partial charge in [-0.2, -0.15) is 5.10 Å². The van der Waals surface area contributed by atoms with Crippen LogP contribution in [-0.4, -0.2) is 44.8 Å². The number of nitrogens with one attached hydrogen (secondary N) is 1. The Hall–Kier alpha value is -3.97. The van der Waals surface area contributed by atoms with Crippen LogP contribution in [0.15, 0.2) is 85.3 Å². The maximum atomic E-state index is 13.7. The number of carbonyl (C=O) groups is 1. The van der Waals surface area contributed by atoms with Crippen molar-refractivity contribution in [1.29, 1.82) is 0 Å². The minimum absolute atomic E-state index is 0.000511. The number of carbonyl (C=O) groups excluding carboxylic acids is 1. The lowest BCUT2D eigenvalue weighted by atomic mass is 10.0. The summed E-state index contributed by atoms with van der Waals surface area (Å²) in [6.07, 6.45) is 7.19. The quantitative estimate of drug-likeness (QED) is 0.477. The summed E-state index contributed by atoms with van der Waals surface area (Å²) in [5.74, 6) is -0.000511. The first-order valence-electron chi connectivity index (χ1n) is 11.6. The van der Waals surface area contributed by atoms with Crippen LogP contribution in [0.2, 0.25) is 0 Å². The molecule has 2 atom stereocenters. The number of anilines is 1. The number of benzene rings is 2. The topological polar surface area (TPSA) is 72.3 Å². The van der Waals surface area contributed by atoms with Gasteiger partial charge in [-0.1, -0.05) is 30.3 Å². The Balaban J connectivity index is 1.49. The first kappa shape index (κ1) is 20.6. The molecule has 4 heterocycles. The lowest BCUT2D eigenvalue weighted by molar-refractivity contribution is 0.0427. The lowest BCUT2D eigenvalue weighted by Crippen LogP contribution is -2.46. The largest absolute Gasteiger partial charge is 0.376 e. The molecule has 0 spiro atoms. The van der Waals surface area contributed by atoms with Gasteiger partial charge >= 0.3 is 0 Å². The summed E-state index contributed by atoms with van der Waals surface area (Å²) in [6.45, 7) is 1.27. The number of rotatable bonds is 5. The average Bonchev–Trinajstić information content (AvgIpc) is 3.57. The third-order valence-electron chi connectivity index (χ3n) is 6.44. The van der Waals surface area contributed by atoms with Crippen molar-refractivity contribution in [2.75, 3.05) is 18.5 Å². The molecule has 7 heteroatoms. The van der Waals surface area contributed by atoms with E-state index in [0.29, 0.717) is 12.1 Å². The number of pyridine rings is 1. The van der Waals surface area contributed by atoms with Gasteiger partial charge in [-0.15, -0.1) is 0 Å². The molecule has 0 bridgehead atoms. The molecule has 7 nitrogen and oxygen atoms in total. The number of para-hydroxylation sites is 2. The Labute approximate surface area is 198 Å². The van der Waals surface area contributed by atoms with E-state index in [-0.39, 0.29) is 18.2 Å². The minimum Gasteiger partial charge on any atom is -0.376 e. The van der Waals surface area contributed by atoms with Gasteiger partial charge in [-0.05, 0) is 49.2 Å². The Morgan fingerprint density at radius 1 is 1.03 bits per heavy atom. The van der Waals surface area contributed by atoms with E-state index in [0.717, 1.165) is 47.6 Å². The lowest BCUT2D eigenvalue weighted by Gasteiger charge is -2.39. The number of hydrogen-bond donors (Lipinski definition) is 1. The maximum Gasteiger partial charge on any atom is 0.257 e. The summed E-state index contributed by atoms with van der Waals surface area (Å²) in [6, 6.07) is 21.6. The van der Waals surface area contributed by atoms with Crippen LogP contribution in [0.4, 0.5) is 5.69 Å². The van der Waals surface area contributed by atoms with E-state index < -0.39 is 0 Å². The molecule has 0 radical (unpaired) electrons. The molecule has 1 amide bonds. The number of amides is 1. The van der Waals surface area contributed by atoms with Crippen LogP contribution in [0.1, 0.15) is 34.9 Å². The zero-order valence-electron chi connectivity index (χ0n) is 18.7. The van der Waals surface area contributed by atoms with Crippen LogP contribution in [0.25, 0.3) is 16.9 Å². The SMILES string of the molecule is O=C1c2ccccc2N[C@@H](c2cn(-c3ccccc3)nc2-c2cccnc2)N1C[C@@H]1CCCO1. The van der Waals surface area contributed by atoms with Crippen LogP contribution in [0, 0.1) is 0 Å². The van der Waals surface area contributed by atoms with Gasteiger partial charge in [-0.3, -0.25) is 9.78 Å². The number of aromatic nitrogens is 3. The van der Waals surface area contributed by atoms with Crippen molar-refractivity contribution >= 4 is 11.6 Å². The summed E-state index contributed by atoms with van der Waals surface area (Å²) in [4.78, 5) is 19.9. The van der Waals surface area contributed by atoms with Crippen molar-refractivity contribution in [2.45, 2.75) is 25.1 Å². The third-order valence-corrected chi connectivity index (χ3v) is 6.44. The third kappa shape index (κ3) is 3.74. The molecule has 6 rings (SSSR count). The van der Waals surface area contributed by atoms with Crippen molar-refractivity contribution < 1.29 is 9.53 Å². The fourth-order valence-electron chi connectivity index (χ4n) is 4.76. The summed E-state index contributed by atoms with van der Waals surface area (Å²) >= 11 is 0. The van der Waals surface area contributed by atoms with Crippen molar-refractivity contribution in [3.05, 3.63) is 96.4 Å². The van der Waals surface area contributed by atoms with E-state index in [9.17, 15) is 4.79 Å². The van der Waals surface area contributed by atoms with E-state index in [1.807, 2.05) is 88.7 Å². The van der Waals surface area contributed by atoms with Crippen LogP contribution < -0.4 is 5.32 Å². The normalized spacial score (nSPS) is 19.6. The molecule has 4 aromatic rings. The zero-order chi connectivity index (χ0) is 22.9. The highest BCUT2D eigenvalue weighted by Gasteiger charge is 2.37. The highest BCUT2D eigenvalue weighted by atomic mass is 16.5. The highest BCUT2D eigenvalue weighted by Crippen LogP contribution is 2.38. The molecule has 2 aromatic heterocycles. The van der Waals surface area contributed by atoms with Gasteiger partial charge in [0.05, 0.1) is 17.4 Å². The summed E-state index contributed by atoms with van der Waals surface area (Å²) < 4.78 is 7.78. The second kappa shape index (κ2) is 8.76. The molecule has 2 aliphatic rings. The molecule has 2 aromatic carbocycles. The summed E-state index contributed by atoms with van der Waals surface area (Å²) in [7, 11) is 0. The van der Waals surface area contributed by atoms with Gasteiger partial charge < -0.3 is 15.0 Å². The predicted octanol–water partition coefficient (Wildman–Crippen LogP) is 4.68. The average molecular weight is 452 g/mol. The van der Waals surface area contributed by atoms with Crippen LogP contribution in [0.3, 0.4) is 0 Å². The second-order valence-corrected chi connectivity index (χ2v) is 8.64. The molecule has 1 N–H and O–H groups in total. The molecule has 0 unspecified atom stereocenters. The number of hydrogen-bond acceptors (Lipinski definition) is 5.